The molecule has 0 fully saturated rings. The van der Waals surface area contributed by atoms with Crippen molar-refractivity contribution in [3.05, 3.63) is 23.5 Å². The first kappa shape index (κ1) is 12.6. The van der Waals surface area contributed by atoms with Crippen LogP contribution in [0.2, 0.25) is 0 Å². The van der Waals surface area contributed by atoms with E-state index in [-0.39, 0.29) is 11.5 Å². The van der Waals surface area contributed by atoms with Crippen LogP contribution in [0.25, 0.3) is 5.65 Å². The molecule has 0 saturated heterocycles. The normalized spacial score (nSPS) is 12.1. The summed E-state index contributed by atoms with van der Waals surface area (Å²) in [6, 6.07) is 2.41. The quantitative estimate of drug-likeness (QED) is 0.875. The van der Waals surface area contributed by atoms with Crippen molar-refractivity contribution in [1.29, 1.82) is 0 Å². The zero-order chi connectivity index (χ0) is 13.3. The van der Waals surface area contributed by atoms with Crippen LogP contribution in [0, 0.1) is 6.92 Å². The Morgan fingerprint density at radius 1 is 1.39 bits per heavy atom. The predicted octanol–water partition coefficient (Wildman–Crippen LogP) is 1.43. The Hall–Kier alpha value is -1.83. The van der Waals surface area contributed by atoms with E-state index in [9.17, 15) is 13.2 Å². The van der Waals surface area contributed by atoms with Crippen LogP contribution in [-0.2, 0) is 6.18 Å². The molecule has 2 aromatic heterocycles. The molecule has 0 atom stereocenters. The number of rotatable bonds is 3. The number of nitrogens with two attached hydrogens (primary N) is 1. The average Bonchev–Trinajstić information content (AvgIpc) is 2.64. The Morgan fingerprint density at radius 3 is 2.72 bits per heavy atom. The standard InChI is InChI=1S/C10H12F3N5/c1-6-4-9-16-7(10(11,12)13)5-8(15-3-2-14)18(9)17-6/h4-5,15H,2-3,14H2,1H3. The van der Waals surface area contributed by atoms with Crippen LogP contribution in [-0.4, -0.2) is 27.7 Å². The Morgan fingerprint density at radius 2 is 2.11 bits per heavy atom. The lowest BCUT2D eigenvalue weighted by atomic mass is 10.3. The van der Waals surface area contributed by atoms with Gasteiger partial charge in [0.1, 0.15) is 5.82 Å². The summed E-state index contributed by atoms with van der Waals surface area (Å²) in [5.74, 6) is 0.228. The molecule has 8 heteroatoms. The summed E-state index contributed by atoms with van der Waals surface area (Å²) >= 11 is 0. The van der Waals surface area contributed by atoms with Gasteiger partial charge in [0, 0.05) is 25.2 Å². The third-order valence-electron chi connectivity index (χ3n) is 2.29. The molecule has 0 saturated carbocycles. The Labute approximate surface area is 101 Å². The van der Waals surface area contributed by atoms with Crippen LogP contribution in [0.1, 0.15) is 11.4 Å². The number of nitrogens with zero attached hydrogens (tertiary/aromatic N) is 3. The molecule has 0 aliphatic rings. The maximum absolute atomic E-state index is 12.7. The number of aromatic nitrogens is 3. The van der Waals surface area contributed by atoms with Crippen molar-refractivity contribution < 1.29 is 13.2 Å². The van der Waals surface area contributed by atoms with Gasteiger partial charge in [-0.25, -0.2) is 4.98 Å². The van der Waals surface area contributed by atoms with Gasteiger partial charge < -0.3 is 11.1 Å². The highest BCUT2D eigenvalue weighted by Crippen LogP contribution is 2.29. The molecular formula is C10H12F3N5. The first-order chi connectivity index (χ1) is 8.41. The van der Waals surface area contributed by atoms with E-state index >= 15 is 0 Å². The highest BCUT2D eigenvalue weighted by atomic mass is 19.4. The van der Waals surface area contributed by atoms with Crippen molar-refractivity contribution in [2.24, 2.45) is 5.73 Å². The van der Waals surface area contributed by atoms with E-state index in [2.05, 4.69) is 15.4 Å². The predicted molar refractivity (Wildman–Crippen MR) is 60.3 cm³/mol. The molecule has 2 rings (SSSR count). The second-order valence-corrected chi connectivity index (χ2v) is 3.80. The minimum atomic E-state index is -4.49. The Bertz CT molecular complexity index is 560. The van der Waals surface area contributed by atoms with Gasteiger partial charge in [0.2, 0.25) is 0 Å². The second kappa shape index (κ2) is 4.45. The molecule has 3 N–H and O–H groups in total. The first-order valence-corrected chi connectivity index (χ1v) is 5.30. The monoisotopic (exact) mass is 259 g/mol. The van der Waals surface area contributed by atoms with Gasteiger partial charge in [-0.1, -0.05) is 0 Å². The van der Waals surface area contributed by atoms with Crippen LogP contribution < -0.4 is 11.1 Å². The maximum Gasteiger partial charge on any atom is 0.433 e. The summed E-state index contributed by atoms with van der Waals surface area (Å²) in [6.45, 7) is 2.36. The molecule has 0 bridgehead atoms. The smallest absolute Gasteiger partial charge is 0.369 e. The van der Waals surface area contributed by atoms with Gasteiger partial charge in [-0.15, -0.1) is 0 Å². The zero-order valence-corrected chi connectivity index (χ0v) is 9.62. The van der Waals surface area contributed by atoms with Crippen molar-refractivity contribution >= 4 is 11.5 Å². The Kier molecular flexibility index (Phi) is 3.12. The topological polar surface area (TPSA) is 68.2 Å². The van der Waals surface area contributed by atoms with E-state index in [0.717, 1.165) is 6.07 Å². The molecule has 0 aliphatic heterocycles. The molecule has 0 aromatic carbocycles. The van der Waals surface area contributed by atoms with E-state index in [4.69, 9.17) is 5.73 Å². The maximum atomic E-state index is 12.7. The third kappa shape index (κ3) is 2.37. The van der Waals surface area contributed by atoms with Crippen LogP contribution in [0.4, 0.5) is 19.0 Å². The molecule has 2 aromatic rings. The summed E-state index contributed by atoms with van der Waals surface area (Å²) in [5.41, 5.74) is 5.12. The minimum absolute atomic E-state index is 0.154. The largest absolute Gasteiger partial charge is 0.433 e. The Balaban J connectivity index is 2.56. The molecule has 5 nitrogen and oxygen atoms in total. The number of halogens is 3. The molecule has 0 amide bonds. The summed E-state index contributed by atoms with van der Waals surface area (Å²) < 4.78 is 39.4. The van der Waals surface area contributed by atoms with Gasteiger partial charge in [-0.2, -0.15) is 22.8 Å². The molecule has 98 valence electrons. The van der Waals surface area contributed by atoms with E-state index in [1.165, 1.54) is 10.6 Å². The fourth-order valence-electron chi connectivity index (χ4n) is 1.56. The van der Waals surface area contributed by atoms with Crippen molar-refractivity contribution in [1.82, 2.24) is 14.6 Å². The number of anilines is 1. The van der Waals surface area contributed by atoms with Crippen molar-refractivity contribution in [2.45, 2.75) is 13.1 Å². The SMILES string of the molecule is Cc1cc2nc(C(F)(F)F)cc(NCCN)n2n1. The summed E-state index contributed by atoms with van der Waals surface area (Å²) in [7, 11) is 0. The van der Waals surface area contributed by atoms with Gasteiger partial charge in [-0.3, -0.25) is 0 Å². The summed E-state index contributed by atoms with van der Waals surface area (Å²) in [5, 5.41) is 6.87. The lowest BCUT2D eigenvalue weighted by Gasteiger charge is -2.11. The van der Waals surface area contributed by atoms with Crippen molar-refractivity contribution in [3.8, 4) is 0 Å². The van der Waals surface area contributed by atoms with Gasteiger partial charge in [0.25, 0.3) is 0 Å². The van der Waals surface area contributed by atoms with E-state index in [0.29, 0.717) is 18.8 Å². The second-order valence-electron chi connectivity index (χ2n) is 3.80. The average molecular weight is 259 g/mol. The fourth-order valence-corrected chi connectivity index (χ4v) is 1.56. The van der Waals surface area contributed by atoms with Gasteiger partial charge in [0.05, 0.1) is 5.69 Å². The third-order valence-corrected chi connectivity index (χ3v) is 2.29. The number of alkyl halides is 3. The van der Waals surface area contributed by atoms with Crippen LogP contribution >= 0.6 is 0 Å². The van der Waals surface area contributed by atoms with Gasteiger partial charge >= 0.3 is 6.18 Å². The molecule has 0 unspecified atom stereocenters. The number of hydrogen-bond acceptors (Lipinski definition) is 4. The minimum Gasteiger partial charge on any atom is -0.369 e. The highest BCUT2D eigenvalue weighted by molar-refractivity contribution is 5.50. The summed E-state index contributed by atoms with van der Waals surface area (Å²) in [4.78, 5) is 3.54. The number of fused-ring (bicyclic) bond motifs is 1. The van der Waals surface area contributed by atoms with Crippen molar-refractivity contribution in [3.63, 3.8) is 0 Å². The van der Waals surface area contributed by atoms with Crippen LogP contribution in [0.15, 0.2) is 12.1 Å². The lowest BCUT2D eigenvalue weighted by Crippen LogP contribution is -2.17. The molecule has 0 aliphatic carbocycles. The number of nitrogens with one attached hydrogen (secondary N) is 1. The molecular weight excluding hydrogens is 247 g/mol. The number of aryl methyl sites for hydroxylation is 1. The summed E-state index contributed by atoms with van der Waals surface area (Å²) in [6.07, 6.45) is -4.49. The molecule has 18 heavy (non-hydrogen) atoms. The zero-order valence-electron chi connectivity index (χ0n) is 9.62. The molecule has 0 radical (unpaired) electrons. The number of hydrogen-bond donors (Lipinski definition) is 2. The van der Waals surface area contributed by atoms with Crippen molar-refractivity contribution in [2.75, 3.05) is 18.4 Å². The van der Waals surface area contributed by atoms with E-state index in [1.54, 1.807) is 6.92 Å². The first-order valence-electron chi connectivity index (χ1n) is 5.30. The van der Waals surface area contributed by atoms with Gasteiger partial charge in [-0.05, 0) is 6.92 Å². The molecule has 2 heterocycles. The van der Waals surface area contributed by atoms with E-state index in [1.807, 2.05) is 0 Å². The van der Waals surface area contributed by atoms with Crippen LogP contribution in [0.5, 0.6) is 0 Å². The molecule has 0 spiro atoms. The highest BCUT2D eigenvalue weighted by Gasteiger charge is 2.33. The van der Waals surface area contributed by atoms with Crippen LogP contribution in [0.3, 0.4) is 0 Å². The lowest BCUT2D eigenvalue weighted by molar-refractivity contribution is -0.141. The van der Waals surface area contributed by atoms with Gasteiger partial charge in [0.15, 0.2) is 11.3 Å². The fraction of sp³-hybridized carbons (Fsp3) is 0.400. The van der Waals surface area contributed by atoms with E-state index < -0.39 is 11.9 Å².